The maximum Gasteiger partial charge on any atom is 0.248 e. The van der Waals surface area contributed by atoms with Crippen LogP contribution >= 0.6 is 0 Å². The predicted molar refractivity (Wildman–Crippen MR) is 72.5 cm³/mol. The summed E-state index contributed by atoms with van der Waals surface area (Å²) in [5, 5.41) is 0. The molecule has 0 radical (unpaired) electrons. The van der Waals surface area contributed by atoms with Gasteiger partial charge >= 0.3 is 0 Å². The van der Waals surface area contributed by atoms with Crippen molar-refractivity contribution in [1.29, 1.82) is 0 Å². The van der Waals surface area contributed by atoms with Gasteiger partial charge in [-0.3, -0.25) is 0 Å². The second-order valence-electron chi connectivity index (χ2n) is 5.12. The van der Waals surface area contributed by atoms with Crippen molar-refractivity contribution < 1.29 is 17.2 Å². The monoisotopic (exact) mass is 304 g/mol. The summed E-state index contributed by atoms with van der Waals surface area (Å²) in [5.74, 6) is -1.98. The van der Waals surface area contributed by atoms with Gasteiger partial charge in [0, 0.05) is 18.8 Å². The second-order valence-corrected chi connectivity index (χ2v) is 6.99. The zero-order chi connectivity index (χ0) is 14.9. The molecule has 112 valence electrons. The first-order valence-corrected chi connectivity index (χ1v) is 8.05. The van der Waals surface area contributed by atoms with Gasteiger partial charge < -0.3 is 5.73 Å². The highest BCUT2D eigenvalue weighted by Gasteiger charge is 2.34. The van der Waals surface area contributed by atoms with Crippen LogP contribution in [0.25, 0.3) is 0 Å². The molecule has 0 unspecified atom stereocenters. The molecular formula is C13H18F2N2O2S. The van der Waals surface area contributed by atoms with Gasteiger partial charge in [0.1, 0.15) is 11.6 Å². The van der Waals surface area contributed by atoms with Gasteiger partial charge in [-0.15, -0.1) is 0 Å². The summed E-state index contributed by atoms with van der Waals surface area (Å²) in [6.45, 7) is 2.40. The van der Waals surface area contributed by atoms with Gasteiger partial charge in [-0.05, 0) is 37.3 Å². The molecule has 0 amide bonds. The van der Waals surface area contributed by atoms with Gasteiger partial charge in [0.25, 0.3) is 0 Å². The number of anilines is 1. The summed E-state index contributed by atoms with van der Waals surface area (Å²) in [6.07, 6.45) is 2.51. The third-order valence-electron chi connectivity index (χ3n) is 3.25. The number of hydrogen-bond acceptors (Lipinski definition) is 3. The maximum atomic E-state index is 13.8. The lowest BCUT2D eigenvalue weighted by Crippen LogP contribution is -2.34. The Morgan fingerprint density at radius 1 is 1.30 bits per heavy atom. The first-order chi connectivity index (χ1) is 9.36. The van der Waals surface area contributed by atoms with E-state index in [1.165, 1.54) is 4.31 Å². The molecule has 0 atom stereocenters. The number of sulfonamides is 1. The van der Waals surface area contributed by atoms with Gasteiger partial charge in [0.05, 0.1) is 0 Å². The fourth-order valence-corrected chi connectivity index (χ4v) is 3.80. The van der Waals surface area contributed by atoms with E-state index in [2.05, 4.69) is 0 Å². The van der Waals surface area contributed by atoms with Crippen LogP contribution in [0.5, 0.6) is 0 Å². The van der Waals surface area contributed by atoms with E-state index in [-0.39, 0.29) is 12.2 Å². The topological polar surface area (TPSA) is 63.4 Å². The van der Waals surface area contributed by atoms with Crippen LogP contribution in [0, 0.1) is 17.6 Å². The number of nitrogens with two attached hydrogens (primary N) is 1. The highest BCUT2D eigenvalue weighted by atomic mass is 32.2. The molecule has 0 spiro atoms. The Balaban J connectivity index is 2.41. The van der Waals surface area contributed by atoms with Gasteiger partial charge in [0.2, 0.25) is 10.0 Å². The molecule has 0 bridgehead atoms. The van der Waals surface area contributed by atoms with Crippen molar-refractivity contribution in [3.63, 3.8) is 0 Å². The van der Waals surface area contributed by atoms with Crippen LogP contribution < -0.4 is 5.73 Å². The van der Waals surface area contributed by atoms with E-state index in [1.807, 2.05) is 6.92 Å². The Labute approximate surface area is 117 Å². The lowest BCUT2D eigenvalue weighted by Gasteiger charge is -2.22. The van der Waals surface area contributed by atoms with Gasteiger partial charge in [-0.1, -0.05) is 6.92 Å². The molecular weight excluding hydrogens is 286 g/mol. The van der Waals surface area contributed by atoms with E-state index in [9.17, 15) is 17.2 Å². The summed E-state index contributed by atoms with van der Waals surface area (Å²) in [4.78, 5) is -0.902. The lowest BCUT2D eigenvalue weighted by molar-refractivity contribution is 0.388. The third-order valence-corrected chi connectivity index (χ3v) is 5.17. The number of hydrogen-bond donors (Lipinski definition) is 1. The standard InChI is InChI=1S/C13H18F2N2O2S/c1-2-5-17(8-9-3-4-9)20(18,19)13-11(14)6-10(16)7-12(13)15/h6-7,9H,2-5,8,16H2,1H3. The molecule has 1 aliphatic carbocycles. The predicted octanol–water partition coefficient (Wildman–Crippen LogP) is 2.36. The minimum Gasteiger partial charge on any atom is -0.399 e. The second kappa shape index (κ2) is 5.65. The van der Waals surface area contributed by atoms with Crippen molar-refractivity contribution in [2.24, 2.45) is 5.92 Å². The van der Waals surface area contributed by atoms with Crippen LogP contribution in [-0.2, 0) is 10.0 Å². The molecule has 1 aromatic carbocycles. The summed E-state index contributed by atoms with van der Waals surface area (Å²) in [7, 11) is -4.17. The van der Waals surface area contributed by atoms with Gasteiger partial charge in [-0.25, -0.2) is 17.2 Å². The summed E-state index contributed by atoms with van der Waals surface area (Å²) in [5.41, 5.74) is 5.17. The maximum absolute atomic E-state index is 13.8. The molecule has 1 aromatic rings. The molecule has 0 aliphatic heterocycles. The molecule has 1 fully saturated rings. The molecule has 0 heterocycles. The average Bonchev–Trinajstić information content (AvgIpc) is 3.10. The Bertz CT molecular complexity index is 577. The fourth-order valence-electron chi connectivity index (χ4n) is 2.10. The van der Waals surface area contributed by atoms with E-state index < -0.39 is 26.6 Å². The Morgan fingerprint density at radius 2 is 1.85 bits per heavy atom. The first kappa shape index (κ1) is 15.2. The molecule has 20 heavy (non-hydrogen) atoms. The third kappa shape index (κ3) is 3.09. The minimum atomic E-state index is -4.17. The van der Waals surface area contributed by atoms with Crippen molar-refractivity contribution in [1.82, 2.24) is 4.31 Å². The van der Waals surface area contributed by atoms with Crippen LogP contribution in [0.15, 0.2) is 17.0 Å². The van der Waals surface area contributed by atoms with Crippen molar-refractivity contribution >= 4 is 15.7 Å². The number of nitrogen functional groups attached to an aromatic ring is 1. The molecule has 0 aromatic heterocycles. The summed E-state index contributed by atoms with van der Waals surface area (Å²) < 4.78 is 53.7. The molecule has 0 saturated heterocycles. The SMILES string of the molecule is CCCN(CC1CC1)S(=O)(=O)c1c(F)cc(N)cc1F. The quantitative estimate of drug-likeness (QED) is 0.821. The van der Waals surface area contributed by atoms with Gasteiger partial charge in [0.15, 0.2) is 4.90 Å². The Hall–Kier alpha value is -1.21. The zero-order valence-corrected chi connectivity index (χ0v) is 12.1. The molecule has 7 heteroatoms. The molecule has 4 nitrogen and oxygen atoms in total. The normalized spacial score (nSPS) is 15.8. The minimum absolute atomic E-state index is 0.136. The highest BCUT2D eigenvalue weighted by molar-refractivity contribution is 7.89. The van der Waals surface area contributed by atoms with E-state index >= 15 is 0 Å². The van der Waals surface area contributed by atoms with E-state index in [0.717, 1.165) is 25.0 Å². The van der Waals surface area contributed by atoms with Crippen LogP contribution in [0.2, 0.25) is 0 Å². The number of nitrogens with zero attached hydrogens (tertiary/aromatic N) is 1. The van der Waals surface area contributed by atoms with Crippen LogP contribution in [0.1, 0.15) is 26.2 Å². The largest absolute Gasteiger partial charge is 0.399 e. The lowest BCUT2D eigenvalue weighted by atomic mass is 10.3. The van der Waals surface area contributed by atoms with E-state index in [1.54, 1.807) is 0 Å². The first-order valence-electron chi connectivity index (χ1n) is 6.61. The number of benzene rings is 1. The van der Waals surface area contributed by atoms with Crippen molar-refractivity contribution in [3.05, 3.63) is 23.8 Å². The summed E-state index contributed by atoms with van der Waals surface area (Å²) in [6, 6.07) is 1.66. The Morgan fingerprint density at radius 3 is 2.30 bits per heavy atom. The Kier molecular flexibility index (Phi) is 4.29. The van der Waals surface area contributed by atoms with E-state index in [0.29, 0.717) is 18.9 Å². The van der Waals surface area contributed by atoms with Crippen LogP contribution in [0.4, 0.5) is 14.5 Å². The molecule has 2 N–H and O–H groups in total. The van der Waals surface area contributed by atoms with Crippen molar-refractivity contribution in [3.8, 4) is 0 Å². The van der Waals surface area contributed by atoms with E-state index in [4.69, 9.17) is 5.73 Å². The number of halogens is 2. The van der Waals surface area contributed by atoms with Crippen LogP contribution in [-0.4, -0.2) is 25.8 Å². The highest BCUT2D eigenvalue weighted by Crippen LogP contribution is 2.33. The molecule has 1 aliphatic rings. The molecule has 2 rings (SSSR count). The zero-order valence-electron chi connectivity index (χ0n) is 11.3. The fraction of sp³-hybridized carbons (Fsp3) is 0.538. The van der Waals surface area contributed by atoms with Crippen molar-refractivity contribution in [2.45, 2.75) is 31.1 Å². The average molecular weight is 304 g/mol. The van der Waals surface area contributed by atoms with Crippen molar-refractivity contribution in [2.75, 3.05) is 18.8 Å². The van der Waals surface area contributed by atoms with Crippen LogP contribution in [0.3, 0.4) is 0 Å². The van der Waals surface area contributed by atoms with Gasteiger partial charge in [-0.2, -0.15) is 4.31 Å². The smallest absolute Gasteiger partial charge is 0.248 e. The number of rotatable bonds is 6. The summed E-state index contributed by atoms with van der Waals surface area (Å²) >= 11 is 0. The molecule has 1 saturated carbocycles.